The lowest BCUT2D eigenvalue weighted by molar-refractivity contribution is -0.173. The molecule has 11 heteroatoms. The third kappa shape index (κ3) is 8.53. The first kappa shape index (κ1) is 28.1. The first-order valence-electron chi connectivity index (χ1n) is 10.4. The summed E-state index contributed by atoms with van der Waals surface area (Å²) in [4.78, 5) is 11.3. The van der Waals surface area contributed by atoms with E-state index in [4.69, 9.17) is 19.9 Å². The Bertz CT molecular complexity index is 697. The van der Waals surface area contributed by atoms with Gasteiger partial charge in [-0.1, -0.05) is 0 Å². The van der Waals surface area contributed by atoms with Crippen molar-refractivity contribution >= 4 is 5.91 Å². The highest BCUT2D eigenvalue weighted by molar-refractivity contribution is 5.81. The van der Waals surface area contributed by atoms with Gasteiger partial charge in [-0.3, -0.25) is 9.18 Å². The van der Waals surface area contributed by atoms with Gasteiger partial charge < -0.3 is 30.6 Å². The molecule has 0 aliphatic rings. The van der Waals surface area contributed by atoms with Crippen LogP contribution in [0.3, 0.4) is 0 Å². The third-order valence-corrected chi connectivity index (χ3v) is 4.85. The molecule has 0 heterocycles. The molecule has 0 fully saturated rings. The molecule has 0 aliphatic carbocycles. The van der Waals surface area contributed by atoms with Gasteiger partial charge in [-0.25, -0.2) is 0 Å². The Kier molecular flexibility index (Phi) is 12.5. The summed E-state index contributed by atoms with van der Waals surface area (Å²) in [5.74, 6) is -1.53. The molecule has 184 valence electrons. The molecule has 32 heavy (non-hydrogen) atoms. The van der Waals surface area contributed by atoms with Crippen molar-refractivity contribution in [2.75, 3.05) is 53.3 Å². The maximum absolute atomic E-state index is 13.3. The van der Waals surface area contributed by atoms with E-state index in [9.17, 15) is 22.4 Å². The van der Waals surface area contributed by atoms with E-state index in [2.05, 4.69) is 5.32 Å². The lowest BCUT2D eigenvalue weighted by Crippen LogP contribution is -2.36. The van der Waals surface area contributed by atoms with Gasteiger partial charge in [0.2, 0.25) is 0 Å². The third-order valence-electron chi connectivity index (χ3n) is 4.85. The summed E-state index contributed by atoms with van der Waals surface area (Å²) in [6.07, 6.45) is -4.94. The highest BCUT2D eigenvalue weighted by Crippen LogP contribution is 2.35. The molecule has 1 rings (SSSR count). The SMILES string of the molecule is CNCc1c(C)c(CNC(=O)C(F)(F)F)c(C)c(CCF)c1OCCOCCOCCN. The number of carbonyl (C=O) groups is 1. The van der Waals surface area contributed by atoms with Gasteiger partial charge >= 0.3 is 12.1 Å². The Morgan fingerprint density at radius 3 is 2.09 bits per heavy atom. The van der Waals surface area contributed by atoms with E-state index in [1.165, 1.54) is 0 Å². The lowest BCUT2D eigenvalue weighted by atomic mass is 9.90. The van der Waals surface area contributed by atoms with Crippen LogP contribution >= 0.6 is 0 Å². The smallest absolute Gasteiger partial charge is 0.471 e. The average Bonchev–Trinajstić information content (AvgIpc) is 2.74. The van der Waals surface area contributed by atoms with Crippen LogP contribution in [0, 0.1) is 13.8 Å². The Morgan fingerprint density at radius 2 is 1.53 bits per heavy atom. The molecule has 0 atom stereocenters. The van der Waals surface area contributed by atoms with Crippen LogP contribution in [0.4, 0.5) is 17.6 Å². The second-order valence-electron chi connectivity index (χ2n) is 7.03. The molecular formula is C21H33F4N3O4. The van der Waals surface area contributed by atoms with Gasteiger partial charge in [-0.05, 0) is 37.6 Å². The van der Waals surface area contributed by atoms with Gasteiger partial charge in [0, 0.05) is 37.2 Å². The molecule has 0 saturated heterocycles. The van der Waals surface area contributed by atoms with Gasteiger partial charge in [-0.2, -0.15) is 13.2 Å². The number of nitrogens with two attached hydrogens (primary N) is 1. The summed E-state index contributed by atoms with van der Waals surface area (Å²) in [5, 5.41) is 4.90. The second kappa shape index (κ2) is 14.2. The van der Waals surface area contributed by atoms with Crippen molar-refractivity contribution in [3.05, 3.63) is 27.8 Å². The fourth-order valence-corrected chi connectivity index (χ4v) is 3.27. The van der Waals surface area contributed by atoms with Crippen LogP contribution < -0.4 is 21.1 Å². The fraction of sp³-hybridized carbons (Fsp3) is 0.667. The van der Waals surface area contributed by atoms with Crippen molar-refractivity contribution in [2.24, 2.45) is 5.73 Å². The number of amides is 1. The topological polar surface area (TPSA) is 94.8 Å². The first-order valence-corrected chi connectivity index (χ1v) is 10.4. The normalized spacial score (nSPS) is 11.6. The van der Waals surface area contributed by atoms with E-state index >= 15 is 0 Å². The van der Waals surface area contributed by atoms with E-state index < -0.39 is 18.8 Å². The van der Waals surface area contributed by atoms with Crippen LogP contribution in [0.5, 0.6) is 5.75 Å². The van der Waals surface area contributed by atoms with E-state index in [-0.39, 0.29) is 26.2 Å². The monoisotopic (exact) mass is 467 g/mol. The molecule has 0 saturated carbocycles. The van der Waals surface area contributed by atoms with Gasteiger partial charge in [0.15, 0.2) is 0 Å². The summed E-state index contributed by atoms with van der Waals surface area (Å²) in [5.41, 5.74) is 8.37. The summed E-state index contributed by atoms with van der Waals surface area (Å²) in [6.45, 7) is 4.96. The molecule has 0 aromatic heterocycles. The van der Waals surface area contributed by atoms with E-state index in [1.54, 1.807) is 20.9 Å². The Balaban J connectivity index is 3.04. The number of nitrogens with one attached hydrogen (secondary N) is 2. The standard InChI is InChI=1S/C21H33F4N3O4/c1-14-16(4-5-22)19(32-11-10-31-9-8-30-7-6-26)18(12-27-3)15(2)17(14)13-28-20(29)21(23,24)25/h27H,4-13,26H2,1-3H3,(H,28,29). The summed E-state index contributed by atoms with van der Waals surface area (Å²) < 4.78 is 67.7. The Morgan fingerprint density at radius 1 is 0.938 bits per heavy atom. The molecule has 1 aromatic carbocycles. The highest BCUT2D eigenvalue weighted by atomic mass is 19.4. The predicted octanol–water partition coefficient (Wildman–Crippen LogP) is 2.08. The number of alkyl halides is 4. The van der Waals surface area contributed by atoms with Crippen LogP contribution in [0.1, 0.15) is 27.8 Å². The highest BCUT2D eigenvalue weighted by Gasteiger charge is 2.38. The Labute approximate surface area is 186 Å². The van der Waals surface area contributed by atoms with Crippen LogP contribution in [0.15, 0.2) is 0 Å². The van der Waals surface area contributed by atoms with E-state index in [0.29, 0.717) is 66.5 Å². The Hall–Kier alpha value is -1.95. The van der Waals surface area contributed by atoms with Crippen molar-refractivity contribution in [2.45, 2.75) is 39.5 Å². The van der Waals surface area contributed by atoms with Gasteiger partial charge in [0.1, 0.15) is 12.4 Å². The molecule has 0 unspecified atom stereocenters. The number of benzene rings is 1. The quantitative estimate of drug-likeness (QED) is 0.270. The molecule has 0 bridgehead atoms. The van der Waals surface area contributed by atoms with Gasteiger partial charge in [0.25, 0.3) is 0 Å². The van der Waals surface area contributed by atoms with Gasteiger partial charge in [0.05, 0.1) is 33.1 Å². The van der Waals surface area contributed by atoms with Crippen molar-refractivity contribution < 1.29 is 36.6 Å². The summed E-state index contributed by atoms with van der Waals surface area (Å²) >= 11 is 0. The maximum atomic E-state index is 13.3. The number of hydrogen-bond donors (Lipinski definition) is 3. The molecule has 0 spiro atoms. The van der Waals surface area contributed by atoms with Crippen LogP contribution in [0.25, 0.3) is 0 Å². The van der Waals surface area contributed by atoms with Crippen LogP contribution in [-0.2, 0) is 33.8 Å². The first-order chi connectivity index (χ1) is 15.2. The molecule has 0 radical (unpaired) electrons. The molecule has 0 aliphatic heterocycles. The number of rotatable bonds is 15. The average molecular weight is 468 g/mol. The van der Waals surface area contributed by atoms with Gasteiger partial charge in [-0.15, -0.1) is 0 Å². The fourth-order valence-electron chi connectivity index (χ4n) is 3.27. The molecule has 4 N–H and O–H groups in total. The largest absolute Gasteiger partial charge is 0.491 e. The van der Waals surface area contributed by atoms with E-state index in [0.717, 1.165) is 0 Å². The minimum absolute atomic E-state index is 0.0339. The lowest BCUT2D eigenvalue weighted by Gasteiger charge is -2.24. The van der Waals surface area contributed by atoms with Crippen molar-refractivity contribution in [1.82, 2.24) is 10.6 Å². The number of hydrogen-bond acceptors (Lipinski definition) is 6. The zero-order chi connectivity index (χ0) is 24.1. The van der Waals surface area contributed by atoms with Crippen molar-refractivity contribution in [3.63, 3.8) is 0 Å². The molecule has 1 amide bonds. The zero-order valence-electron chi connectivity index (χ0n) is 18.8. The van der Waals surface area contributed by atoms with Crippen molar-refractivity contribution in [1.29, 1.82) is 0 Å². The second-order valence-corrected chi connectivity index (χ2v) is 7.03. The summed E-state index contributed by atoms with van der Waals surface area (Å²) in [7, 11) is 1.72. The molecule has 7 nitrogen and oxygen atoms in total. The maximum Gasteiger partial charge on any atom is 0.471 e. The number of halogens is 4. The number of carbonyl (C=O) groups excluding carboxylic acids is 1. The van der Waals surface area contributed by atoms with Crippen molar-refractivity contribution in [3.8, 4) is 5.75 Å². The predicted molar refractivity (Wildman–Crippen MR) is 112 cm³/mol. The van der Waals surface area contributed by atoms with Crippen LogP contribution in [0.2, 0.25) is 0 Å². The van der Waals surface area contributed by atoms with Crippen LogP contribution in [-0.4, -0.2) is 65.4 Å². The zero-order valence-corrected chi connectivity index (χ0v) is 18.8. The summed E-state index contributed by atoms with van der Waals surface area (Å²) in [6, 6.07) is 0. The minimum atomic E-state index is -4.98. The number of ether oxygens (including phenoxy) is 3. The molecular weight excluding hydrogens is 434 g/mol. The van der Waals surface area contributed by atoms with E-state index in [1.807, 2.05) is 5.32 Å². The minimum Gasteiger partial charge on any atom is -0.491 e. The molecule has 1 aromatic rings.